The molecule has 2 N–H and O–H groups in total. The summed E-state index contributed by atoms with van der Waals surface area (Å²) in [6, 6.07) is 3.63. The second-order valence-corrected chi connectivity index (χ2v) is 10.3. The Morgan fingerprint density at radius 2 is 2.12 bits per heavy atom. The van der Waals surface area contributed by atoms with Crippen molar-refractivity contribution in [3.63, 3.8) is 0 Å². The van der Waals surface area contributed by atoms with E-state index < -0.39 is 43.3 Å². The van der Waals surface area contributed by atoms with Crippen LogP contribution in [0.1, 0.15) is 18.7 Å². The van der Waals surface area contributed by atoms with Crippen LogP contribution in [-0.2, 0) is 23.4 Å². The average molecular weight is 579 g/mol. The number of carbonyl (C=O) groups excluding carboxylic acids is 1. The van der Waals surface area contributed by atoms with Gasteiger partial charge < -0.3 is 14.0 Å². The molecule has 2 heterocycles. The highest BCUT2D eigenvalue weighted by Crippen LogP contribution is 2.47. The van der Waals surface area contributed by atoms with Gasteiger partial charge in [-0.05, 0) is 38.1 Å². The maximum absolute atomic E-state index is 13.5. The van der Waals surface area contributed by atoms with Crippen LogP contribution in [-0.4, -0.2) is 41.4 Å². The van der Waals surface area contributed by atoms with Crippen molar-refractivity contribution >= 4 is 41.2 Å². The number of carbonyl (C=O) groups is 1. The monoisotopic (exact) mass is 577 g/mol. The second-order valence-electron chi connectivity index (χ2n) is 7.26. The molecule has 14 heteroatoms. The van der Waals surface area contributed by atoms with Crippen LogP contribution in [0.4, 0.5) is 0 Å². The summed E-state index contributed by atoms with van der Waals surface area (Å²) < 4.78 is 36.9. The minimum atomic E-state index is -4.16. The molecule has 0 saturated carbocycles. The molecule has 1 aromatic carbocycles. The Bertz CT molecular complexity index is 1260. The first-order valence-corrected chi connectivity index (χ1v) is 12.6. The van der Waals surface area contributed by atoms with Gasteiger partial charge >= 0.3 is 19.4 Å². The van der Waals surface area contributed by atoms with Gasteiger partial charge in [0.2, 0.25) is 0 Å². The number of hydrogen-bond acceptors (Lipinski definition) is 8. The molecule has 0 radical (unpaired) electrons. The number of benzene rings is 1. The van der Waals surface area contributed by atoms with E-state index in [9.17, 15) is 18.9 Å². The standard InChI is InChI=1S/C20H22BrClN3O8P/c1-11-9-25(20(28)23-18(11)26)17-7-5-14(32-17)10-31-34(29,24-12(2)19(27)30-3)33-16-6-4-13(21)8-15(16)22/h4-9,12,14,17H,10H2,1-3H3,(H,24,29)(H,23,26,28)/t12-,14-,17+,34?/m0/s1. The highest BCUT2D eigenvalue weighted by atomic mass is 79.9. The Labute approximate surface area is 207 Å². The average Bonchev–Trinajstić information content (AvgIpc) is 3.25. The van der Waals surface area contributed by atoms with Gasteiger partial charge in [0, 0.05) is 16.2 Å². The van der Waals surface area contributed by atoms with Gasteiger partial charge in [0.15, 0.2) is 6.23 Å². The van der Waals surface area contributed by atoms with Gasteiger partial charge in [-0.3, -0.25) is 23.7 Å². The molecule has 184 valence electrons. The number of esters is 1. The fourth-order valence-electron chi connectivity index (χ4n) is 2.92. The van der Waals surface area contributed by atoms with Gasteiger partial charge in [-0.15, -0.1) is 0 Å². The van der Waals surface area contributed by atoms with Crippen LogP contribution < -0.4 is 20.9 Å². The lowest BCUT2D eigenvalue weighted by molar-refractivity contribution is -0.142. The fourth-order valence-corrected chi connectivity index (χ4v) is 5.21. The minimum absolute atomic E-state index is 0.0637. The van der Waals surface area contributed by atoms with E-state index in [1.54, 1.807) is 31.2 Å². The predicted octanol–water partition coefficient (Wildman–Crippen LogP) is 3.07. The van der Waals surface area contributed by atoms with Crippen LogP contribution in [0.2, 0.25) is 5.02 Å². The topological polar surface area (TPSA) is 138 Å². The lowest BCUT2D eigenvalue weighted by Gasteiger charge is -2.24. The van der Waals surface area contributed by atoms with E-state index in [1.807, 2.05) is 0 Å². The summed E-state index contributed by atoms with van der Waals surface area (Å²) in [5.41, 5.74) is -0.792. The minimum Gasteiger partial charge on any atom is -0.468 e. The zero-order valence-corrected chi connectivity index (χ0v) is 21.6. The Balaban J connectivity index is 1.74. The SMILES string of the molecule is COC(=O)[C@H](C)NP(=O)(OC[C@@H]1C=C[C@H](n2cc(C)c(=O)[nH]c2=O)O1)Oc1ccc(Br)cc1Cl. The molecular weight excluding hydrogens is 557 g/mol. The number of rotatable bonds is 9. The Morgan fingerprint density at radius 3 is 2.79 bits per heavy atom. The zero-order chi connectivity index (χ0) is 25.0. The van der Waals surface area contributed by atoms with Crippen LogP contribution in [0.5, 0.6) is 5.75 Å². The highest BCUT2D eigenvalue weighted by Gasteiger charge is 2.34. The van der Waals surface area contributed by atoms with Gasteiger partial charge in [0.1, 0.15) is 17.9 Å². The predicted molar refractivity (Wildman–Crippen MR) is 127 cm³/mol. The number of nitrogens with one attached hydrogen (secondary N) is 2. The van der Waals surface area contributed by atoms with E-state index in [2.05, 4.69) is 30.7 Å². The number of aromatic nitrogens is 2. The molecule has 0 amide bonds. The molecule has 0 saturated heterocycles. The summed E-state index contributed by atoms with van der Waals surface area (Å²) in [5.74, 6) is -0.618. The first-order valence-electron chi connectivity index (χ1n) is 9.92. The summed E-state index contributed by atoms with van der Waals surface area (Å²) in [6.07, 6.45) is 3.06. The molecular formula is C20H22BrClN3O8P. The van der Waals surface area contributed by atoms with Gasteiger partial charge in [-0.2, -0.15) is 5.09 Å². The zero-order valence-electron chi connectivity index (χ0n) is 18.3. The van der Waals surface area contributed by atoms with Crippen molar-refractivity contribution < 1.29 is 27.9 Å². The quantitative estimate of drug-likeness (QED) is 0.261. The summed E-state index contributed by atoms with van der Waals surface area (Å²) in [5, 5.41) is 2.68. The normalized spacial score (nSPS) is 20.0. The lowest BCUT2D eigenvalue weighted by atomic mass is 10.3. The van der Waals surface area contributed by atoms with E-state index in [-0.39, 0.29) is 17.4 Å². The van der Waals surface area contributed by atoms with E-state index >= 15 is 0 Å². The summed E-state index contributed by atoms with van der Waals surface area (Å²) in [7, 11) is -2.96. The van der Waals surface area contributed by atoms with E-state index in [4.69, 9.17) is 25.4 Å². The Morgan fingerprint density at radius 1 is 1.38 bits per heavy atom. The molecule has 1 aromatic heterocycles. The molecule has 2 aromatic rings. The maximum atomic E-state index is 13.5. The largest absolute Gasteiger partial charge is 0.468 e. The molecule has 0 bridgehead atoms. The van der Waals surface area contributed by atoms with Crippen molar-refractivity contribution in [2.24, 2.45) is 0 Å². The first kappa shape index (κ1) is 26.4. The number of aryl methyl sites for hydroxylation is 1. The van der Waals surface area contributed by atoms with Crippen molar-refractivity contribution in [2.45, 2.75) is 32.2 Å². The molecule has 1 aliphatic rings. The third kappa shape index (κ3) is 6.47. The van der Waals surface area contributed by atoms with Crippen molar-refractivity contribution in [2.75, 3.05) is 13.7 Å². The van der Waals surface area contributed by atoms with Crippen LogP contribution >= 0.6 is 35.3 Å². The molecule has 1 aliphatic heterocycles. The van der Waals surface area contributed by atoms with Crippen molar-refractivity contribution in [3.8, 4) is 5.75 Å². The summed E-state index contributed by atoms with van der Waals surface area (Å²) >= 11 is 9.44. The molecule has 34 heavy (non-hydrogen) atoms. The van der Waals surface area contributed by atoms with E-state index in [0.717, 1.165) is 0 Å². The van der Waals surface area contributed by atoms with Gasteiger partial charge in [-0.25, -0.2) is 9.36 Å². The van der Waals surface area contributed by atoms with Gasteiger partial charge in [-0.1, -0.05) is 33.6 Å². The van der Waals surface area contributed by atoms with Crippen LogP contribution in [0.3, 0.4) is 0 Å². The number of nitrogens with zero attached hydrogens (tertiary/aromatic N) is 1. The number of halogens is 2. The number of ether oxygens (including phenoxy) is 2. The van der Waals surface area contributed by atoms with E-state index in [1.165, 1.54) is 30.9 Å². The van der Waals surface area contributed by atoms with Gasteiger partial charge in [0.05, 0.1) is 18.7 Å². The Hall–Kier alpha value is -2.21. The number of aromatic amines is 1. The molecule has 3 rings (SSSR count). The second kappa shape index (κ2) is 11.0. The van der Waals surface area contributed by atoms with Crippen LogP contribution in [0.15, 0.2) is 50.6 Å². The van der Waals surface area contributed by atoms with Crippen LogP contribution in [0.25, 0.3) is 0 Å². The first-order chi connectivity index (χ1) is 16.0. The molecule has 0 fully saturated rings. The van der Waals surface area contributed by atoms with Gasteiger partial charge in [0.25, 0.3) is 5.56 Å². The highest BCUT2D eigenvalue weighted by molar-refractivity contribution is 9.10. The lowest BCUT2D eigenvalue weighted by Crippen LogP contribution is -2.35. The van der Waals surface area contributed by atoms with Crippen LogP contribution in [0, 0.1) is 6.92 Å². The smallest absolute Gasteiger partial charge is 0.459 e. The van der Waals surface area contributed by atoms with Crippen molar-refractivity contribution in [3.05, 3.63) is 72.4 Å². The fraction of sp³-hybridized carbons (Fsp3) is 0.350. The maximum Gasteiger partial charge on any atom is 0.459 e. The number of hydrogen-bond donors (Lipinski definition) is 2. The molecule has 1 unspecified atom stereocenters. The summed E-state index contributed by atoms with van der Waals surface area (Å²) in [6.45, 7) is 2.74. The third-order valence-corrected chi connectivity index (χ3v) is 7.07. The molecule has 11 nitrogen and oxygen atoms in total. The van der Waals surface area contributed by atoms with E-state index in [0.29, 0.717) is 10.0 Å². The molecule has 0 spiro atoms. The summed E-state index contributed by atoms with van der Waals surface area (Å²) in [4.78, 5) is 37.8. The molecule has 4 atom stereocenters. The molecule has 0 aliphatic carbocycles. The Kier molecular flexibility index (Phi) is 8.56. The number of H-pyrrole nitrogens is 1. The number of methoxy groups -OCH3 is 1. The van der Waals surface area contributed by atoms with Crippen molar-refractivity contribution in [1.82, 2.24) is 14.6 Å². The van der Waals surface area contributed by atoms with Crippen molar-refractivity contribution in [1.29, 1.82) is 0 Å². The third-order valence-electron chi connectivity index (χ3n) is 4.65.